The maximum Gasteiger partial charge on any atom is 0.207 e. The van der Waals surface area contributed by atoms with Gasteiger partial charge in [-0.05, 0) is 42.2 Å². The first-order valence-corrected chi connectivity index (χ1v) is 11.1. The standard InChI is InChI=1S/C26H23N3S.BrH/c1-18-13-14-22(15-19(18)2)24-17-30-26(27-24)29-25(21-11-7-4-8-12-21)16-23(28-29)20-9-5-3-6-10-20;/h3-15,17,25H,16H2,1-2H3;1H. The van der Waals surface area contributed by atoms with Gasteiger partial charge in [-0.15, -0.1) is 28.3 Å². The van der Waals surface area contributed by atoms with Crippen LogP contribution in [0.2, 0.25) is 0 Å². The zero-order valence-corrected chi connectivity index (χ0v) is 20.1. The quantitative estimate of drug-likeness (QED) is 0.299. The van der Waals surface area contributed by atoms with Gasteiger partial charge in [-0.3, -0.25) is 0 Å². The van der Waals surface area contributed by atoms with Crippen molar-refractivity contribution >= 4 is 39.2 Å². The summed E-state index contributed by atoms with van der Waals surface area (Å²) in [6.07, 6.45) is 0.868. The molecular weight excluding hydrogens is 466 g/mol. The predicted octanol–water partition coefficient (Wildman–Crippen LogP) is 7.36. The van der Waals surface area contributed by atoms with Crippen LogP contribution in [-0.4, -0.2) is 10.7 Å². The minimum atomic E-state index is 0. The molecule has 31 heavy (non-hydrogen) atoms. The van der Waals surface area contributed by atoms with Gasteiger partial charge in [0.1, 0.15) is 0 Å². The van der Waals surface area contributed by atoms with E-state index in [0.29, 0.717) is 0 Å². The van der Waals surface area contributed by atoms with Crippen molar-refractivity contribution in [2.45, 2.75) is 26.3 Å². The van der Waals surface area contributed by atoms with Crippen LogP contribution in [0.4, 0.5) is 5.13 Å². The Kier molecular flexibility index (Phi) is 6.35. The summed E-state index contributed by atoms with van der Waals surface area (Å²) in [6.45, 7) is 4.29. The number of halogens is 1. The molecule has 0 bridgehead atoms. The highest BCUT2D eigenvalue weighted by Gasteiger charge is 2.31. The Hall–Kier alpha value is -2.76. The number of hydrogen-bond acceptors (Lipinski definition) is 4. The molecule has 5 heteroatoms. The van der Waals surface area contributed by atoms with Gasteiger partial charge in [-0.1, -0.05) is 72.8 Å². The van der Waals surface area contributed by atoms with Crippen molar-refractivity contribution in [3.8, 4) is 11.3 Å². The molecule has 5 rings (SSSR count). The van der Waals surface area contributed by atoms with E-state index < -0.39 is 0 Å². The van der Waals surface area contributed by atoms with Crippen LogP contribution in [-0.2, 0) is 0 Å². The van der Waals surface area contributed by atoms with Gasteiger partial charge in [0, 0.05) is 17.4 Å². The van der Waals surface area contributed by atoms with Crippen LogP contribution in [0.3, 0.4) is 0 Å². The maximum atomic E-state index is 5.02. The van der Waals surface area contributed by atoms with Crippen LogP contribution < -0.4 is 5.01 Å². The Morgan fingerprint density at radius 3 is 2.26 bits per heavy atom. The third-order valence-corrected chi connectivity index (χ3v) is 6.52. The van der Waals surface area contributed by atoms with Gasteiger partial charge in [0.15, 0.2) is 0 Å². The van der Waals surface area contributed by atoms with Crippen molar-refractivity contribution in [1.82, 2.24) is 4.98 Å². The molecule has 0 spiro atoms. The fourth-order valence-electron chi connectivity index (χ4n) is 3.83. The molecule has 0 saturated heterocycles. The molecule has 3 nitrogen and oxygen atoms in total. The van der Waals surface area contributed by atoms with E-state index in [9.17, 15) is 0 Å². The Labute approximate surface area is 197 Å². The average Bonchev–Trinajstić information content (AvgIpc) is 3.44. The summed E-state index contributed by atoms with van der Waals surface area (Å²) < 4.78 is 0. The Morgan fingerprint density at radius 2 is 1.55 bits per heavy atom. The molecule has 1 aromatic heterocycles. The molecule has 0 amide bonds. The average molecular weight is 490 g/mol. The van der Waals surface area contributed by atoms with Gasteiger partial charge in [-0.2, -0.15) is 5.10 Å². The molecule has 0 radical (unpaired) electrons. The lowest BCUT2D eigenvalue weighted by atomic mass is 9.99. The molecule has 1 unspecified atom stereocenters. The molecule has 3 aromatic carbocycles. The second-order valence-corrected chi connectivity index (χ2v) is 8.54. The summed E-state index contributed by atoms with van der Waals surface area (Å²) >= 11 is 1.66. The number of thiazole rings is 1. The van der Waals surface area contributed by atoms with E-state index in [4.69, 9.17) is 10.1 Å². The SMILES string of the molecule is Br.Cc1ccc(-c2csc(N3N=C(c4ccccc4)CC3c3ccccc3)n2)cc1C. The topological polar surface area (TPSA) is 28.5 Å². The number of nitrogens with zero attached hydrogens (tertiary/aromatic N) is 3. The minimum Gasteiger partial charge on any atom is -0.231 e. The monoisotopic (exact) mass is 489 g/mol. The lowest BCUT2D eigenvalue weighted by Crippen LogP contribution is -2.18. The normalized spacial score (nSPS) is 15.5. The fraction of sp³-hybridized carbons (Fsp3) is 0.154. The van der Waals surface area contributed by atoms with Gasteiger partial charge in [-0.25, -0.2) is 9.99 Å². The first-order valence-electron chi connectivity index (χ1n) is 10.2. The number of benzene rings is 3. The summed E-state index contributed by atoms with van der Waals surface area (Å²) in [5.74, 6) is 0. The van der Waals surface area contributed by atoms with E-state index in [1.165, 1.54) is 22.3 Å². The molecule has 0 aliphatic carbocycles. The summed E-state index contributed by atoms with van der Waals surface area (Å²) in [7, 11) is 0. The third-order valence-electron chi connectivity index (χ3n) is 5.69. The smallest absolute Gasteiger partial charge is 0.207 e. The molecule has 0 fully saturated rings. The summed E-state index contributed by atoms with van der Waals surface area (Å²) in [6, 6.07) is 27.7. The Morgan fingerprint density at radius 1 is 0.839 bits per heavy atom. The van der Waals surface area contributed by atoms with Gasteiger partial charge in [0.2, 0.25) is 5.13 Å². The third kappa shape index (κ3) is 4.34. The molecule has 1 aliphatic rings. The lowest BCUT2D eigenvalue weighted by molar-refractivity contribution is 0.706. The number of hydrazone groups is 1. The van der Waals surface area contributed by atoms with Gasteiger partial charge in [0.05, 0.1) is 17.4 Å². The molecule has 1 aliphatic heterocycles. The fourth-order valence-corrected chi connectivity index (χ4v) is 4.66. The van der Waals surface area contributed by atoms with Crippen molar-refractivity contribution in [2.75, 3.05) is 5.01 Å². The van der Waals surface area contributed by atoms with E-state index in [1.807, 2.05) is 6.07 Å². The summed E-state index contributed by atoms with van der Waals surface area (Å²) in [4.78, 5) is 4.97. The van der Waals surface area contributed by atoms with Gasteiger partial charge >= 0.3 is 0 Å². The van der Waals surface area contributed by atoms with Crippen LogP contribution in [0, 0.1) is 13.8 Å². The van der Waals surface area contributed by atoms with Crippen LogP contribution >= 0.6 is 28.3 Å². The van der Waals surface area contributed by atoms with Crippen LogP contribution in [0.15, 0.2) is 89.3 Å². The van der Waals surface area contributed by atoms with Crippen LogP contribution in [0.25, 0.3) is 11.3 Å². The molecule has 2 heterocycles. The predicted molar refractivity (Wildman–Crippen MR) is 137 cm³/mol. The van der Waals surface area contributed by atoms with Gasteiger partial charge in [0.25, 0.3) is 0 Å². The number of anilines is 1. The number of hydrogen-bond donors (Lipinski definition) is 0. The molecule has 0 N–H and O–H groups in total. The largest absolute Gasteiger partial charge is 0.231 e. The second-order valence-electron chi connectivity index (χ2n) is 7.70. The van der Waals surface area contributed by atoms with Crippen molar-refractivity contribution in [1.29, 1.82) is 0 Å². The van der Waals surface area contributed by atoms with E-state index in [0.717, 1.165) is 28.5 Å². The number of aryl methyl sites for hydroxylation is 2. The highest BCUT2D eigenvalue weighted by atomic mass is 79.9. The molecular formula is C26H24BrN3S. The van der Waals surface area contributed by atoms with E-state index in [1.54, 1.807) is 11.3 Å². The van der Waals surface area contributed by atoms with Crippen molar-refractivity contribution in [2.24, 2.45) is 5.10 Å². The van der Waals surface area contributed by atoms with Crippen molar-refractivity contribution < 1.29 is 0 Å². The van der Waals surface area contributed by atoms with Gasteiger partial charge < -0.3 is 0 Å². The molecule has 4 aromatic rings. The number of aromatic nitrogens is 1. The minimum absolute atomic E-state index is 0. The first-order chi connectivity index (χ1) is 14.7. The zero-order chi connectivity index (χ0) is 20.5. The Bertz CT molecular complexity index is 1200. The molecule has 1 atom stereocenters. The van der Waals surface area contributed by atoms with Crippen LogP contribution in [0.1, 0.15) is 34.7 Å². The zero-order valence-electron chi connectivity index (χ0n) is 17.5. The highest BCUT2D eigenvalue weighted by molar-refractivity contribution is 8.93. The van der Waals surface area contributed by atoms with E-state index in [-0.39, 0.29) is 23.0 Å². The summed E-state index contributed by atoms with van der Waals surface area (Å²) in [5, 5.41) is 10.2. The highest BCUT2D eigenvalue weighted by Crippen LogP contribution is 2.39. The van der Waals surface area contributed by atoms with Crippen LogP contribution in [0.5, 0.6) is 0 Å². The number of rotatable bonds is 4. The maximum absolute atomic E-state index is 5.02. The van der Waals surface area contributed by atoms with Crippen molar-refractivity contribution in [3.63, 3.8) is 0 Å². The van der Waals surface area contributed by atoms with E-state index >= 15 is 0 Å². The molecule has 0 saturated carbocycles. The molecule has 156 valence electrons. The van der Waals surface area contributed by atoms with Crippen molar-refractivity contribution in [3.05, 3.63) is 106 Å². The second kappa shape index (κ2) is 9.16. The first kappa shape index (κ1) is 21.5. The summed E-state index contributed by atoms with van der Waals surface area (Å²) in [5.41, 5.74) is 8.29. The lowest BCUT2D eigenvalue weighted by Gasteiger charge is -2.21. The van der Waals surface area contributed by atoms with E-state index in [2.05, 4.69) is 97.0 Å². The Balaban J connectivity index is 0.00000231.